The summed E-state index contributed by atoms with van der Waals surface area (Å²) in [5, 5.41) is 0. The zero-order valence-corrected chi connectivity index (χ0v) is 9.99. The first-order valence-corrected chi connectivity index (χ1v) is 5.29. The Morgan fingerprint density at radius 3 is 2.78 bits per heavy atom. The van der Waals surface area contributed by atoms with Gasteiger partial charge in [0, 0.05) is 19.5 Å². The molecule has 0 aliphatic carbocycles. The maximum absolute atomic E-state index is 13.5. The van der Waals surface area contributed by atoms with Crippen LogP contribution in [0.25, 0.3) is 0 Å². The SMILES string of the molecule is C#CC(Cc1ccc(F)cc1F)N(C)C(=O)C=C. The summed E-state index contributed by atoms with van der Waals surface area (Å²) >= 11 is 0. The molecule has 0 aromatic heterocycles. The molecule has 0 bridgehead atoms. The number of likely N-dealkylation sites (N-methyl/N-ethyl adjacent to an activating group) is 1. The minimum Gasteiger partial charge on any atom is -0.328 e. The molecule has 0 heterocycles. The topological polar surface area (TPSA) is 20.3 Å². The van der Waals surface area contributed by atoms with Crippen LogP contribution < -0.4 is 0 Å². The van der Waals surface area contributed by atoms with Crippen molar-refractivity contribution >= 4 is 5.91 Å². The predicted octanol–water partition coefficient (Wildman–Crippen LogP) is 2.15. The predicted molar refractivity (Wildman–Crippen MR) is 65.7 cm³/mol. The van der Waals surface area contributed by atoms with Gasteiger partial charge in [0.1, 0.15) is 11.6 Å². The van der Waals surface area contributed by atoms with Crippen LogP contribution in [0.2, 0.25) is 0 Å². The number of hydrogen-bond acceptors (Lipinski definition) is 1. The highest BCUT2D eigenvalue weighted by molar-refractivity contribution is 5.87. The lowest BCUT2D eigenvalue weighted by Crippen LogP contribution is -2.36. The summed E-state index contributed by atoms with van der Waals surface area (Å²) in [7, 11) is 1.51. The van der Waals surface area contributed by atoms with Crippen molar-refractivity contribution in [2.45, 2.75) is 12.5 Å². The summed E-state index contributed by atoms with van der Waals surface area (Å²) < 4.78 is 26.2. The number of terminal acetylenes is 1. The van der Waals surface area contributed by atoms with Gasteiger partial charge >= 0.3 is 0 Å². The minimum atomic E-state index is -0.672. The zero-order valence-electron chi connectivity index (χ0n) is 9.99. The van der Waals surface area contributed by atoms with Crippen molar-refractivity contribution in [1.29, 1.82) is 0 Å². The highest BCUT2D eigenvalue weighted by Gasteiger charge is 2.17. The Balaban J connectivity index is 2.90. The van der Waals surface area contributed by atoms with Gasteiger partial charge in [-0.2, -0.15) is 0 Å². The quantitative estimate of drug-likeness (QED) is 0.591. The van der Waals surface area contributed by atoms with E-state index in [0.717, 1.165) is 18.2 Å². The number of carbonyl (C=O) groups is 1. The van der Waals surface area contributed by atoms with Crippen LogP contribution in [0.4, 0.5) is 8.78 Å². The molecular weight excluding hydrogens is 236 g/mol. The van der Waals surface area contributed by atoms with Crippen molar-refractivity contribution < 1.29 is 13.6 Å². The third-order valence-electron chi connectivity index (χ3n) is 2.61. The summed E-state index contributed by atoms with van der Waals surface area (Å²) in [6.07, 6.45) is 6.57. The largest absolute Gasteiger partial charge is 0.328 e. The van der Waals surface area contributed by atoms with E-state index in [1.54, 1.807) is 0 Å². The Morgan fingerprint density at radius 2 is 2.28 bits per heavy atom. The fourth-order valence-corrected chi connectivity index (χ4v) is 1.50. The van der Waals surface area contributed by atoms with Gasteiger partial charge in [0.15, 0.2) is 0 Å². The number of nitrogens with zero attached hydrogens (tertiary/aromatic N) is 1. The number of carbonyl (C=O) groups excluding carboxylic acids is 1. The average Bonchev–Trinajstić information content (AvgIpc) is 2.36. The number of halogens is 2. The van der Waals surface area contributed by atoms with E-state index in [1.807, 2.05) is 0 Å². The summed E-state index contributed by atoms with van der Waals surface area (Å²) in [4.78, 5) is 12.7. The molecular formula is C14H13F2NO. The minimum absolute atomic E-state index is 0.124. The van der Waals surface area contributed by atoms with Gasteiger partial charge in [-0.25, -0.2) is 8.78 Å². The van der Waals surface area contributed by atoms with Crippen molar-refractivity contribution in [3.8, 4) is 12.3 Å². The molecule has 0 N–H and O–H groups in total. The van der Waals surface area contributed by atoms with Gasteiger partial charge in [-0.05, 0) is 17.7 Å². The van der Waals surface area contributed by atoms with Crippen molar-refractivity contribution in [2.75, 3.05) is 7.05 Å². The summed E-state index contributed by atoms with van der Waals surface area (Å²) in [5.41, 5.74) is 0.267. The fraction of sp³-hybridized carbons (Fsp3) is 0.214. The van der Waals surface area contributed by atoms with Gasteiger partial charge in [0.25, 0.3) is 0 Å². The molecule has 0 aliphatic rings. The zero-order chi connectivity index (χ0) is 13.7. The van der Waals surface area contributed by atoms with Crippen LogP contribution >= 0.6 is 0 Å². The van der Waals surface area contributed by atoms with E-state index in [9.17, 15) is 13.6 Å². The molecule has 0 fully saturated rings. The molecule has 2 nitrogen and oxygen atoms in total. The van der Waals surface area contributed by atoms with Crippen molar-refractivity contribution in [3.05, 3.63) is 48.1 Å². The highest BCUT2D eigenvalue weighted by Crippen LogP contribution is 2.13. The van der Waals surface area contributed by atoms with Crippen LogP contribution in [0.3, 0.4) is 0 Å². The molecule has 0 saturated heterocycles. The second-order valence-corrected chi connectivity index (χ2v) is 3.78. The smallest absolute Gasteiger partial charge is 0.246 e. The molecule has 1 aromatic carbocycles. The standard InChI is InChI=1S/C14H13F2NO/c1-4-12(17(3)14(18)5-2)8-10-6-7-11(15)9-13(10)16/h1,5-7,9,12H,2,8H2,3H3. The van der Waals surface area contributed by atoms with Crippen LogP contribution in [-0.4, -0.2) is 23.9 Å². The Labute approximate surface area is 105 Å². The Kier molecular flexibility index (Phi) is 4.61. The average molecular weight is 249 g/mol. The number of amides is 1. The summed E-state index contributed by atoms with van der Waals surface area (Å²) in [6, 6.07) is 2.66. The molecule has 1 rings (SSSR count). The van der Waals surface area contributed by atoms with E-state index >= 15 is 0 Å². The van der Waals surface area contributed by atoms with Crippen LogP contribution in [0.5, 0.6) is 0 Å². The van der Waals surface area contributed by atoms with E-state index in [1.165, 1.54) is 18.0 Å². The monoisotopic (exact) mass is 249 g/mol. The van der Waals surface area contributed by atoms with Gasteiger partial charge in [-0.1, -0.05) is 18.6 Å². The summed E-state index contributed by atoms with van der Waals surface area (Å²) in [5.74, 6) is 0.737. The van der Waals surface area contributed by atoms with Gasteiger partial charge in [-0.15, -0.1) is 6.42 Å². The van der Waals surface area contributed by atoms with Gasteiger partial charge < -0.3 is 4.90 Å². The van der Waals surface area contributed by atoms with Gasteiger partial charge in [0.2, 0.25) is 5.91 Å². The van der Waals surface area contributed by atoms with Gasteiger partial charge in [-0.3, -0.25) is 4.79 Å². The number of rotatable bonds is 4. The molecule has 1 unspecified atom stereocenters. The van der Waals surface area contributed by atoms with Crippen LogP contribution in [-0.2, 0) is 11.2 Å². The lowest BCUT2D eigenvalue weighted by atomic mass is 10.0. The maximum atomic E-state index is 13.5. The normalized spacial score (nSPS) is 11.4. The van der Waals surface area contributed by atoms with E-state index in [-0.39, 0.29) is 17.9 Å². The lowest BCUT2D eigenvalue weighted by molar-refractivity contribution is -0.125. The Hall–Kier alpha value is -2.15. The first-order valence-electron chi connectivity index (χ1n) is 5.29. The van der Waals surface area contributed by atoms with Crippen LogP contribution in [0.15, 0.2) is 30.9 Å². The third kappa shape index (κ3) is 3.17. The molecule has 1 amide bonds. The highest BCUT2D eigenvalue weighted by atomic mass is 19.1. The van der Waals surface area contributed by atoms with Crippen molar-refractivity contribution in [2.24, 2.45) is 0 Å². The first kappa shape index (κ1) is 13.9. The molecule has 18 heavy (non-hydrogen) atoms. The molecule has 1 aromatic rings. The van der Waals surface area contributed by atoms with Crippen molar-refractivity contribution in [3.63, 3.8) is 0 Å². The Bertz CT molecular complexity index is 505. The molecule has 0 radical (unpaired) electrons. The molecule has 1 atom stereocenters. The maximum Gasteiger partial charge on any atom is 0.246 e. The van der Waals surface area contributed by atoms with E-state index in [4.69, 9.17) is 6.42 Å². The second-order valence-electron chi connectivity index (χ2n) is 3.78. The van der Waals surface area contributed by atoms with Gasteiger partial charge in [0.05, 0.1) is 6.04 Å². The molecule has 0 spiro atoms. The molecule has 94 valence electrons. The van der Waals surface area contributed by atoms with E-state index < -0.39 is 17.7 Å². The van der Waals surface area contributed by atoms with Crippen LogP contribution in [0, 0.1) is 24.0 Å². The number of hydrogen-bond donors (Lipinski definition) is 0. The second kappa shape index (κ2) is 5.97. The van der Waals surface area contributed by atoms with Crippen LogP contribution in [0.1, 0.15) is 5.56 Å². The third-order valence-corrected chi connectivity index (χ3v) is 2.61. The Morgan fingerprint density at radius 1 is 1.61 bits per heavy atom. The lowest BCUT2D eigenvalue weighted by Gasteiger charge is -2.22. The fourth-order valence-electron chi connectivity index (χ4n) is 1.50. The first-order chi connectivity index (χ1) is 8.49. The number of benzene rings is 1. The molecule has 0 aliphatic heterocycles. The van der Waals surface area contributed by atoms with Crippen molar-refractivity contribution in [1.82, 2.24) is 4.90 Å². The van der Waals surface area contributed by atoms with E-state index in [2.05, 4.69) is 12.5 Å². The summed E-state index contributed by atoms with van der Waals surface area (Å²) in [6.45, 7) is 3.35. The van der Waals surface area contributed by atoms with E-state index in [0.29, 0.717) is 0 Å². The molecule has 0 saturated carbocycles. The molecule has 4 heteroatoms.